The first-order valence-electron chi connectivity index (χ1n) is 5.21. The molecule has 4 nitrogen and oxygen atoms in total. The van der Waals surface area contributed by atoms with Gasteiger partial charge >= 0.3 is 0 Å². The number of phenolic OH excluding ortho intramolecular Hbond substituents is 1. The zero-order valence-corrected chi connectivity index (χ0v) is 10.1. The third-order valence-electron chi connectivity index (χ3n) is 2.37. The number of carbonyl (C=O) groups is 1. The fraction of sp³-hybridized carbons (Fsp3) is 0.0714. The first-order valence-corrected chi connectivity index (χ1v) is 5.59. The standard InChI is InChI=1S/C13H11ClN2O2.CH4/c14-8-1-6-12(17)11(7-8)13(18)16-10-4-2-9(15)3-5-10;/h1-7,17H,15H2,(H,16,18);1H4. The van der Waals surface area contributed by atoms with Crippen molar-refractivity contribution in [2.75, 3.05) is 11.1 Å². The molecule has 2 rings (SSSR count). The molecule has 0 radical (unpaired) electrons. The van der Waals surface area contributed by atoms with Gasteiger partial charge in [0.15, 0.2) is 0 Å². The summed E-state index contributed by atoms with van der Waals surface area (Å²) in [5.41, 5.74) is 6.87. The molecule has 0 saturated heterocycles. The van der Waals surface area contributed by atoms with Crippen molar-refractivity contribution in [3.05, 3.63) is 53.1 Å². The van der Waals surface area contributed by atoms with Gasteiger partial charge in [0.2, 0.25) is 0 Å². The van der Waals surface area contributed by atoms with Crippen LogP contribution in [0.1, 0.15) is 17.8 Å². The van der Waals surface area contributed by atoms with Gasteiger partial charge in [-0.3, -0.25) is 4.79 Å². The molecule has 19 heavy (non-hydrogen) atoms. The number of benzene rings is 2. The van der Waals surface area contributed by atoms with E-state index >= 15 is 0 Å². The van der Waals surface area contributed by atoms with Crippen LogP contribution in [-0.4, -0.2) is 11.0 Å². The molecule has 0 aliphatic carbocycles. The van der Waals surface area contributed by atoms with Crippen molar-refractivity contribution >= 4 is 28.9 Å². The third-order valence-corrected chi connectivity index (χ3v) is 2.61. The van der Waals surface area contributed by atoms with E-state index in [1.807, 2.05) is 0 Å². The van der Waals surface area contributed by atoms with Crippen LogP contribution in [0.4, 0.5) is 11.4 Å². The van der Waals surface area contributed by atoms with E-state index in [9.17, 15) is 9.90 Å². The second-order valence-electron chi connectivity index (χ2n) is 3.74. The van der Waals surface area contributed by atoms with E-state index in [2.05, 4.69) is 5.32 Å². The summed E-state index contributed by atoms with van der Waals surface area (Å²) in [5, 5.41) is 12.6. The number of amides is 1. The van der Waals surface area contributed by atoms with E-state index in [1.165, 1.54) is 18.2 Å². The average Bonchev–Trinajstić information content (AvgIpc) is 2.35. The van der Waals surface area contributed by atoms with Gasteiger partial charge in [0.1, 0.15) is 5.75 Å². The molecule has 0 atom stereocenters. The lowest BCUT2D eigenvalue weighted by atomic mass is 10.2. The Kier molecular flexibility index (Phi) is 4.78. The van der Waals surface area contributed by atoms with E-state index in [0.29, 0.717) is 16.4 Å². The van der Waals surface area contributed by atoms with Crippen LogP contribution < -0.4 is 11.1 Å². The SMILES string of the molecule is C.Nc1ccc(NC(=O)c2cc(Cl)ccc2O)cc1. The number of anilines is 2. The van der Waals surface area contributed by atoms with Crippen molar-refractivity contribution < 1.29 is 9.90 Å². The number of carbonyl (C=O) groups excluding carboxylic acids is 1. The average molecular weight is 279 g/mol. The molecule has 0 heterocycles. The van der Waals surface area contributed by atoms with Gasteiger partial charge in [-0.15, -0.1) is 0 Å². The summed E-state index contributed by atoms with van der Waals surface area (Å²) >= 11 is 5.78. The summed E-state index contributed by atoms with van der Waals surface area (Å²) in [7, 11) is 0. The van der Waals surface area contributed by atoms with Gasteiger partial charge in [0, 0.05) is 16.4 Å². The molecule has 0 spiro atoms. The summed E-state index contributed by atoms with van der Waals surface area (Å²) in [6.07, 6.45) is 0. The quantitative estimate of drug-likeness (QED) is 0.736. The summed E-state index contributed by atoms with van der Waals surface area (Å²) in [6.45, 7) is 0. The largest absolute Gasteiger partial charge is 0.507 e. The first-order chi connectivity index (χ1) is 8.56. The number of aromatic hydroxyl groups is 1. The molecule has 100 valence electrons. The van der Waals surface area contributed by atoms with Crippen LogP contribution in [0.2, 0.25) is 5.02 Å². The number of nitrogens with one attached hydrogen (secondary N) is 1. The molecule has 0 saturated carbocycles. The predicted molar refractivity (Wildman–Crippen MR) is 78.7 cm³/mol. The Bertz CT molecular complexity index is 582. The lowest BCUT2D eigenvalue weighted by Gasteiger charge is -2.07. The lowest BCUT2D eigenvalue weighted by molar-refractivity contribution is 0.102. The Labute approximate surface area is 116 Å². The molecule has 5 heteroatoms. The van der Waals surface area contributed by atoms with Crippen LogP contribution in [0, 0.1) is 0 Å². The number of phenols is 1. The number of nitrogens with two attached hydrogens (primary N) is 1. The predicted octanol–water partition coefficient (Wildman–Crippen LogP) is 3.52. The van der Waals surface area contributed by atoms with Crippen molar-refractivity contribution in [3.63, 3.8) is 0 Å². The number of hydrogen-bond acceptors (Lipinski definition) is 3. The molecule has 0 aromatic heterocycles. The van der Waals surface area contributed by atoms with Gasteiger partial charge in [-0.05, 0) is 42.5 Å². The highest BCUT2D eigenvalue weighted by Gasteiger charge is 2.11. The number of hydrogen-bond donors (Lipinski definition) is 3. The molecule has 1 amide bonds. The maximum absolute atomic E-state index is 11.9. The molecule has 0 fully saturated rings. The second kappa shape index (κ2) is 6.11. The minimum Gasteiger partial charge on any atom is -0.507 e. The van der Waals surface area contributed by atoms with Gasteiger partial charge in [0.25, 0.3) is 5.91 Å². The number of halogens is 1. The van der Waals surface area contributed by atoms with Gasteiger partial charge in [-0.2, -0.15) is 0 Å². The van der Waals surface area contributed by atoms with Crippen molar-refractivity contribution in [1.29, 1.82) is 0 Å². The molecule has 0 aliphatic heterocycles. The first kappa shape index (κ1) is 14.9. The molecule has 2 aromatic rings. The summed E-state index contributed by atoms with van der Waals surface area (Å²) < 4.78 is 0. The third kappa shape index (κ3) is 3.63. The maximum atomic E-state index is 11.9. The molecular formula is C14H15ClN2O2. The highest BCUT2D eigenvalue weighted by Crippen LogP contribution is 2.22. The molecule has 4 N–H and O–H groups in total. The van der Waals surface area contributed by atoms with Crippen molar-refractivity contribution in [1.82, 2.24) is 0 Å². The fourth-order valence-corrected chi connectivity index (χ4v) is 1.63. The van der Waals surface area contributed by atoms with E-state index in [1.54, 1.807) is 24.3 Å². The highest BCUT2D eigenvalue weighted by molar-refractivity contribution is 6.31. The Morgan fingerprint density at radius 3 is 2.42 bits per heavy atom. The van der Waals surface area contributed by atoms with E-state index in [4.69, 9.17) is 17.3 Å². The molecular weight excluding hydrogens is 264 g/mol. The molecule has 2 aromatic carbocycles. The molecule has 0 bridgehead atoms. The molecule has 0 unspecified atom stereocenters. The number of nitrogen functional groups attached to an aromatic ring is 1. The van der Waals surface area contributed by atoms with Crippen LogP contribution in [0.15, 0.2) is 42.5 Å². The van der Waals surface area contributed by atoms with Crippen molar-refractivity contribution in [3.8, 4) is 5.75 Å². The van der Waals surface area contributed by atoms with E-state index in [-0.39, 0.29) is 18.7 Å². The minimum atomic E-state index is -0.431. The lowest BCUT2D eigenvalue weighted by Crippen LogP contribution is -2.12. The minimum absolute atomic E-state index is 0. The smallest absolute Gasteiger partial charge is 0.259 e. The number of rotatable bonds is 2. The van der Waals surface area contributed by atoms with Gasteiger partial charge in [-0.1, -0.05) is 19.0 Å². The van der Waals surface area contributed by atoms with Crippen LogP contribution in [0.3, 0.4) is 0 Å². The van der Waals surface area contributed by atoms with Gasteiger partial charge in [-0.25, -0.2) is 0 Å². The zero-order valence-electron chi connectivity index (χ0n) is 9.35. The Morgan fingerprint density at radius 2 is 1.79 bits per heavy atom. The summed E-state index contributed by atoms with van der Waals surface area (Å²) in [6, 6.07) is 11.0. The highest BCUT2D eigenvalue weighted by atomic mass is 35.5. The Hall–Kier alpha value is -2.20. The topological polar surface area (TPSA) is 75.3 Å². The summed E-state index contributed by atoms with van der Waals surface area (Å²) in [5.74, 6) is -0.549. The van der Waals surface area contributed by atoms with Crippen LogP contribution in [0.25, 0.3) is 0 Å². The Balaban J connectivity index is 0.00000180. The zero-order chi connectivity index (χ0) is 13.1. The van der Waals surface area contributed by atoms with Crippen molar-refractivity contribution in [2.45, 2.75) is 7.43 Å². The maximum Gasteiger partial charge on any atom is 0.259 e. The monoisotopic (exact) mass is 278 g/mol. The summed E-state index contributed by atoms with van der Waals surface area (Å²) in [4.78, 5) is 11.9. The van der Waals surface area contributed by atoms with Crippen LogP contribution in [-0.2, 0) is 0 Å². The van der Waals surface area contributed by atoms with Crippen LogP contribution in [0.5, 0.6) is 5.75 Å². The van der Waals surface area contributed by atoms with E-state index in [0.717, 1.165) is 0 Å². The van der Waals surface area contributed by atoms with E-state index < -0.39 is 5.91 Å². The molecule has 0 aliphatic rings. The normalized spacial score (nSPS) is 9.53. The second-order valence-corrected chi connectivity index (χ2v) is 4.17. The Morgan fingerprint density at radius 1 is 1.16 bits per heavy atom. The van der Waals surface area contributed by atoms with Gasteiger partial charge in [0.05, 0.1) is 5.56 Å². The van der Waals surface area contributed by atoms with Crippen LogP contribution >= 0.6 is 11.6 Å². The fourth-order valence-electron chi connectivity index (χ4n) is 1.46. The van der Waals surface area contributed by atoms with Crippen molar-refractivity contribution in [2.24, 2.45) is 0 Å². The van der Waals surface area contributed by atoms with Gasteiger partial charge < -0.3 is 16.2 Å².